The van der Waals surface area contributed by atoms with Crippen molar-refractivity contribution in [2.45, 2.75) is 52.4 Å². The summed E-state index contributed by atoms with van der Waals surface area (Å²) in [5, 5.41) is 30.0. The highest BCUT2D eigenvalue weighted by Gasteiger charge is 2.28. The average Bonchev–Trinajstić information content (AvgIpc) is 2.52. The molecule has 0 aliphatic rings. The number of benzene rings is 1. The van der Waals surface area contributed by atoms with Gasteiger partial charge < -0.3 is 15.8 Å². The monoisotopic (exact) mass is 364 g/mol. The summed E-state index contributed by atoms with van der Waals surface area (Å²) in [6, 6.07) is 7.31. The molecule has 0 bridgehead atoms. The van der Waals surface area contributed by atoms with Crippen LogP contribution in [-0.2, 0) is 10.8 Å². The van der Waals surface area contributed by atoms with Crippen LogP contribution in [0.5, 0.6) is 5.75 Å². The molecule has 1 aromatic heterocycles. The van der Waals surface area contributed by atoms with Crippen molar-refractivity contribution in [1.29, 1.82) is 10.5 Å². The highest BCUT2D eigenvalue weighted by Crippen LogP contribution is 2.43. The standard InChI is InChI=1S/C21H24N4O2/c1-20(2,3)14-7-11(8-15(17(14)26)21(4,5)6)16-12(9-22)18(24)25-19(27)13(16)10-23/h7-8,26H,1-6H3,(H3,24,25,27). The number of pyridine rings is 1. The van der Waals surface area contributed by atoms with E-state index < -0.39 is 16.4 Å². The number of hydrogen-bond acceptors (Lipinski definition) is 5. The molecule has 0 unspecified atom stereocenters. The number of nitrogens with zero attached hydrogens (tertiary/aromatic N) is 2. The van der Waals surface area contributed by atoms with Crippen LogP contribution in [0.15, 0.2) is 16.9 Å². The summed E-state index contributed by atoms with van der Waals surface area (Å²) in [4.78, 5) is 14.6. The minimum Gasteiger partial charge on any atom is -0.507 e. The smallest absolute Gasteiger partial charge is 0.268 e. The van der Waals surface area contributed by atoms with Crippen LogP contribution >= 0.6 is 0 Å². The van der Waals surface area contributed by atoms with Gasteiger partial charge in [-0.15, -0.1) is 0 Å². The Hall–Kier alpha value is -3.25. The van der Waals surface area contributed by atoms with Gasteiger partial charge in [0, 0.05) is 16.7 Å². The molecule has 0 fully saturated rings. The molecule has 0 spiro atoms. The van der Waals surface area contributed by atoms with E-state index >= 15 is 0 Å². The van der Waals surface area contributed by atoms with Gasteiger partial charge in [-0.05, 0) is 28.5 Å². The van der Waals surface area contributed by atoms with Gasteiger partial charge in [-0.2, -0.15) is 10.5 Å². The molecule has 6 heteroatoms. The van der Waals surface area contributed by atoms with Gasteiger partial charge in [0.25, 0.3) is 5.56 Å². The van der Waals surface area contributed by atoms with Crippen LogP contribution in [0, 0.1) is 22.7 Å². The van der Waals surface area contributed by atoms with E-state index in [4.69, 9.17) is 5.73 Å². The number of aromatic amines is 1. The van der Waals surface area contributed by atoms with Crippen molar-refractivity contribution < 1.29 is 5.11 Å². The van der Waals surface area contributed by atoms with Crippen molar-refractivity contribution in [1.82, 2.24) is 4.98 Å². The molecule has 0 aliphatic carbocycles. The van der Waals surface area contributed by atoms with E-state index in [1.54, 1.807) is 12.1 Å². The predicted molar refractivity (Wildman–Crippen MR) is 105 cm³/mol. The number of anilines is 1. The molecule has 1 heterocycles. The molecule has 4 N–H and O–H groups in total. The van der Waals surface area contributed by atoms with E-state index in [1.165, 1.54) is 0 Å². The molecule has 0 saturated heterocycles. The molecule has 0 atom stereocenters. The molecule has 6 nitrogen and oxygen atoms in total. The first-order valence-electron chi connectivity index (χ1n) is 8.57. The number of aromatic hydroxyl groups is 1. The van der Waals surface area contributed by atoms with E-state index in [2.05, 4.69) is 4.98 Å². The third-order valence-corrected chi connectivity index (χ3v) is 4.48. The normalized spacial score (nSPS) is 11.7. The summed E-state index contributed by atoms with van der Waals surface area (Å²) in [5.41, 5.74) is 6.29. The number of rotatable bonds is 1. The first kappa shape index (κ1) is 20.1. The maximum atomic E-state index is 12.2. The Bertz CT molecular complexity index is 1020. The van der Waals surface area contributed by atoms with Crippen LogP contribution < -0.4 is 11.3 Å². The van der Waals surface area contributed by atoms with Crippen LogP contribution in [0.25, 0.3) is 11.1 Å². The number of H-pyrrole nitrogens is 1. The van der Waals surface area contributed by atoms with Gasteiger partial charge in [-0.3, -0.25) is 4.79 Å². The molecule has 0 saturated carbocycles. The Kier molecular flexibility index (Phi) is 4.82. The highest BCUT2D eigenvalue weighted by molar-refractivity contribution is 5.81. The fourth-order valence-electron chi connectivity index (χ4n) is 3.05. The SMILES string of the molecule is CC(C)(C)c1cc(-c2c(C#N)c(N)[nH]c(=O)c2C#N)cc(C(C)(C)C)c1O. The summed E-state index contributed by atoms with van der Waals surface area (Å²) < 4.78 is 0. The molecule has 2 aromatic rings. The third kappa shape index (κ3) is 3.52. The van der Waals surface area contributed by atoms with Gasteiger partial charge in [0.05, 0.1) is 0 Å². The number of phenols is 1. The molecule has 0 radical (unpaired) electrons. The van der Waals surface area contributed by atoms with Crippen molar-refractivity contribution in [3.63, 3.8) is 0 Å². The zero-order valence-corrected chi connectivity index (χ0v) is 16.5. The number of nitrogens with two attached hydrogens (primary N) is 1. The van der Waals surface area contributed by atoms with Crippen LogP contribution in [0.2, 0.25) is 0 Å². The summed E-state index contributed by atoms with van der Waals surface area (Å²) in [7, 11) is 0. The van der Waals surface area contributed by atoms with E-state index in [-0.39, 0.29) is 28.3 Å². The van der Waals surface area contributed by atoms with Crippen LogP contribution in [0.1, 0.15) is 63.8 Å². The number of nitrogen functional groups attached to an aromatic ring is 1. The van der Waals surface area contributed by atoms with Crippen molar-refractivity contribution in [2.75, 3.05) is 5.73 Å². The Morgan fingerprint density at radius 2 is 1.41 bits per heavy atom. The summed E-state index contributed by atoms with van der Waals surface area (Å²) in [5.74, 6) is 0.0905. The van der Waals surface area contributed by atoms with E-state index in [9.17, 15) is 20.4 Å². The van der Waals surface area contributed by atoms with Crippen LogP contribution in [0.3, 0.4) is 0 Å². The minimum absolute atomic E-state index is 0.0385. The zero-order valence-electron chi connectivity index (χ0n) is 16.5. The molecule has 27 heavy (non-hydrogen) atoms. The maximum absolute atomic E-state index is 12.2. The van der Waals surface area contributed by atoms with Gasteiger partial charge in [0.2, 0.25) is 0 Å². The van der Waals surface area contributed by atoms with E-state index in [0.29, 0.717) is 16.7 Å². The molecule has 1 aromatic carbocycles. The number of hydrogen-bond donors (Lipinski definition) is 3. The van der Waals surface area contributed by atoms with Gasteiger partial charge in [-0.1, -0.05) is 41.5 Å². The fourth-order valence-corrected chi connectivity index (χ4v) is 3.05. The van der Waals surface area contributed by atoms with E-state index in [0.717, 1.165) is 0 Å². The first-order valence-corrected chi connectivity index (χ1v) is 8.57. The van der Waals surface area contributed by atoms with Crippen molar-refractivity contribution >= 4 is 5.82 Å². The van der Waals surface area contributed by atoms with Crippen molar-refractivity contribution in [3.05, 3.63) is 44.7 Å². The predicted octanol–water partition coefficient (Wildman–Crippen LogP) is 3.67. The number of nitriles is 2. The second-order valence-corrected chi connectivity index (χ2v) is 8.64. The molecule has 0 aliphatic heterocycles. The number of phenolic OH excluding ortho intramolecular Hbond substituents is 1. The lowest BCUT2D eigenvalue weighted by Gasteiger charge is -2.28. The summed E-state index contributed by atoms with van der Waals surface area (Å²) in [6.45, 7) is 11.8. The quantitative estimate of drug-likeness (QED) is 0.711. The van der Waals surface area contributed by atoms with Gasteiger partial charge in [-0.25, -0.2) is 0 Å². The summed E-state index contributed by atoms with van der Waals surface area (Å²) in [6.07, 6.45) is 0. The average molecular weight is 364 g/mol. The number of aromatic nitrogens is 1. The van der Waals surface area contributed by atoms with E-state index in [1.807, 2.05) is 53.7 Å². The largest absolute Gasteiger partial charge is 0.507 e. The fraction of sp³-hybridized carbons (Fsp3) is 0.381. The van der Waals surface area contributed by atoms with Gasteiger partial charge >= 0.3 is 0 Å². The maximum Gasteiger partial charge on any atom is 0.268 e. The Balaban J connectivity index is 3.09. The lowest BCUT2D eigenvalue weighted by molar-refractivity contribution is 0.423. The first-order chi connectivity index (χ1) is 12.3. The van der Waals surface area contributed by atoms with Crippen LogP contribution in [-0.4, -0.2) is 10.1 Å². The molecular weight excluding hydrogens is 340 g/mol. The van der Waals surface area contributed by atoms with Crippen molar-refractivity contribution in [3.8, 4) is 29.0 Å². The Morgan fingerprint density at radius 1 is 0.963 bits per heavy atom. The molecule has 0 amide bonds. The second-order valence-electron chi connectivity index (χ2n) is 8.64. The zero-order chi connectivity index (χ0) is 20.7. The molecule has 2 rings (SSSR count). The Morgan fingerprint density at radius 3 is 1.78 bits per heavy atom. The van der Waals surface area contributed by atoms with Crippen LogP contribution in [0.4, 0.5) is 5.82 Å². The lowest BCUT2D eigenvalue weighted by Crippen LogP contribution is -2.19. The molecule has 140 valence electrons. The topological polar surface area (TPSA) is 127 Å². The Labute approximate surface area is 158 Å². The molecular formula is C21H24N4O2. The highest BCUT2D eigenvalue weighted by atomic mass is 16.3. The second kappa shape index (κ2) is 6.48. The van der Waals surface area contributed by atoms with Gasteiger partial charge in [0.1, 0.15) is 34.8 Å². The third-order valence-electron chi connectivity index (χ3n) is 4.48. The van der Waals surface area contributed by atoms with Crippen molar-refractivity contribution in [2.24, 2.45) is 0 Å². The minimum atomic E-state index is -0.647. The van der Waals surface area contributed by atoms with Gasteiger partial charge in [0.15, 0.2) is 0 Å². The number of nitrogens with one attached hydrogen (secondary N) is 1. The lowest BCUT2D eigenvalue weighted by atomic mass is 9.77. The summed E-state index contributed by atoms with van der Waals surface area (Å²) >= 11 is 0.